The van der Waals surface area contributed by atoms with E-state index in [1.54, 1.807) is 0 Å². The lowest BCUT2D eigenvalue weighted by atomic mass is 9.87. The molecule has 1 aliphatic rings. The molecule has 2 nitrogen and oxygen atoms in total. The third kappa shape index (κ3) is 1.82. The van der Waals surface area contributed by atoms with E-state index in [-0.39, 0.29) is 0 Å². The Hall–Kier alpha value is -1.02. The number of aryl methyl sites for hydroxylation is 2. The Morgan fingerprint density at radius 1 is 1.19 bits per heavy atom. The molecular formula is C14H22N2. The van der Waals surface area contributed by atoms with Gasteiger partial charge in [0.15, 0.2) is 0 Å². The fraction of sp³-hybridized carbons (Fsp3) is 0.571. The predicted molar refractivity (Wildman–Crippen MR) is 70.0 cm³/mol. The maximum absolute atomic E-state index is 3.54. The van der Waals surface area contributed by atoms with Gasteiger partial charge in [-0.05, 0) is 56.6 Å². The first-order valence-electron chi connectivity index (χ1n) is 6.02. The maximum atomic E-state index is 3.54. The average Bonchev–Trinajstić information content (AvgIpc) is 2.20. The molecule has 16 heavy (non-hydrogen) atoms. The van der Waals surface area contributed by atoms with Crippen molar-refractivity contribution in [3.63, 3.8) is 0 Å². The fourth-order valence-corrected chi connectivity index (χ4v) is 2.71. The molecule has 0 spiro atoms. The zero-order chi connectivity index (χ0) is 11.9. The van der Waals surface area contributed by atoms with Crippen LogP contribution in [-0.4, -0.2) is 25.5 Å². The Balaban J connectivity index is 2.50. The summed E-state index contributed by atoms with van der Waals surface area (Å²) >= 11 is 0. The van der Waals surface area contributed by atoms with Crippen LogP contribution >= 0.6 is 0 Å². The molecule has 0 saturated heterocycles. The summed E-state index contributed by atoms with van der Waals surface area (Å²) in [6, 6.07) is 5.17. The number of nitrogens with one attached hydrogen (secondary N) is 1. The van der Waals surface area contributed by atoms with Crippen molar-refractivity contribution in [1.82, 2.24) is 4.90 Å². The standard InChI is InChI=1S/C14H22N2/c1-9-6-12-13(7-10(9)2)15-8-11(3)14(12)16(4)5/h6-7,11,14-15H,8H2,1-5H3. The molecule has 2 rings (SSSR count). The number of rotatable bonds is 1. The Morgan fingerprint density at radius 2 is 1.81 bits per heavy atom. The zero-order valence-corrected chi connectivity index (χ0v) is 11.0. The summed E-state index contributed by atoms with van der Waals surface area (Å²) in [7, 11) is 4.34. The van der Waals surface area contributed by atoms with Crippen LogP contribution < -0.4 is 5.32 Å². The van der Waals surface area contributed by atoms with Gasteiger partial charge >= 0.3 is 0 Å². The second-order valence-electron chi connectivity index (χ2n) is 5.29. The van der Waals surface area contributed by atoms with Crippen LogP contribution in [-0.2, 0) is 0 Å². The smallest absolute Gasteiger partial charge is 0.0404 e. The van der Waals surface area contributed by atoms with Gasteiger partial charge in [0.25, 0.3) is 0 Å². The summed E-state index contributed by atoms with van der Waals surface area (Å²) < 4.78 is 0. The van der Waals surface area contributed by atoms with Gasteiger partial charge in [-0.15, -0.1) is 0 Å². The molecule has 1 aromatic carbocycles. The number of benzene rings is 1. The summed E-state index contributed by atoms with van der Waals surface area (Å²) in [5.41, 5.74) is 5.53. The molecule has 0 aromatic heterocycles. The molecule has 1 aromatic rings. The molecule has 0 aliphatic carbocycles. The lowest BCUT2D eigenvalue weighted by molar-refractivity contribution is 0.225. The highest BCUT2D eigenvalue weighted by atomic mass is 15.1. The van der Waals surface area contributed by atoms with Crippen molar-refractivity contribution in [2.75, 3.05) is 26.0 Å². The Labute approximate surface area is 98.7 Å². The minimum atomic E-state index is 0.538. The SMILES string of the molecule is Cc1cc2c(cc1C)C(N(C)C)C(C)CN2. The molecule has 2 unspecified atom stereocenters. The summed E-state index contributed by atoms with van der Waals surface area (Å²) in [4.78, 5) is 2.33. The number of hydrogen-bond donors (Lipinski definition) is 1. The highest BCUT2D eigenvalue weighted by molar-refractivity contribution is 5.58. The van der Waals surface area contributed by atoms with Crippen LogP contribution in [0.25, 0.3) is 0 Å². The van der Waals surface area contributed by atoms with Gasteiger partial charge < -0.3 is 10.2 Å². The third-order valence-corrected chi connectivity index (χ3v) is 3.69. The first-order valence-corrected chi connectivity index (χ1v) is 6.02. The molecule has 0 saturated carbocycles. The Morgan fingerprint density at radius 3 is 2.44 bits per heavy atom. The average molecular weight is 218 g/mol. The van der Waals surface area contributed by atoms with Crippen LogP contribution in [0.4, 0.5) is 5.69 Å². The normalized spacial score (nSPS) is 24.1. The third-order valence-electron chi connectivity index (χ3n) is 3.69. The van der Waals surface area contributed by atoms with Gasteiger partial charge in [0.05, 0.1) is 0 Å². The van der Waals surface area contributed by atoms with E-state index in [0.717, 1.165) is 6.54 Å². The molecule has 2 heteroatoms. The number of anilines is 1. The minimum absolute atomic E-state index is 0.538. The second kappa shape index (κ2) is 4.10. The van der Waals surface area contributed by atoms with E-state index in [9.17, 15) is 0 Å². The molecule has 2 atom stereocenters. The van der Waals surface area contributed by atoms with E-state index in [0.29, 0.717) is 12.0 Å². The van der Waals surface area contributed by atoms with E-state index >= 15 is 0 Å². The second-order valence-corrected chi connectivity index (χ2v) is 5.29. The minimum Gasteiger partial charge on any atom is -0.384 e. The van der Waals surface area contributed by atoms with Crippen LogP contribution in [0, 0.1) is 19.8 Å². The maximum Gasteiger partial charge on any atom is 0.0404 e. The molecular weight excluding hydrogens is 196 g/mol. The van der Waals surface area contributed by atoms with Crippen LogP contribution in [0.2, 0.25) is 0 Å². The quantitative estimate of drug-likeness (QED) is 0.779. The van der Waals surface area contributed by atoms with E-state index < -0.39 is 0 Å². The molecule has 88 valence electrons. The van der Waals surface area contributed by atoms with Crippen molar-refractivity contribution in [2.24, 2.45) is 5.92 Å². The summed E-state index contributed by atoms with van der Waals surface area (Å²) in [6.07, 6.45) is 0. The highest BCUT2D eigenvalue weighted by Gasteiger charge is 2.28. The first-order chi connectivity index (χ1) is 7.50. The van der Waals surface area contributed by atoms with Gasteiger partial charge in [-0.2, -0.15) is 0 Å². The molecule has 1 aliphatic heterocycles. The van der Waals surface area contributed by atoms with Crippen molar-refractivity contribution < 1.29 is 0 Å². The fourth-order valence-electron chi connectivity index (χ4n) is 2.71. The molecule has 0 fully saturated rings. The van der Waals surface area contributed by atoms with E-state index in [1.807, 2.05) is 0 Å². The van der Waals surface area contributed by atoms with E-state index in [1.165, 1.54) is 22.4 Å². The van der Waals surface area contributed by atoms with Gasteiger partial charge in [-0.3, -0.25) is 0 Å². The zero-order valence-electron chi connectivity index (χ0n) is 11.0. The molecule has 0 amide bonds. The van der Waals surface area contributed by atoms with Crippen molar-refractivity contribution >= 4 is 5.69 Å². The topological polar surface area (TPSA) is 15.3 Å². The first kappa shape index (κ1) is 11.5. The van der Waals surface area contributed by atoms with Crippen LogP contribution in [0.1, 0.15) is 29.7 Å². The van der Waals surface area contributed by atoms with Gasteiger partial charge in [-0.25, -0.2) is 0 Å². The lowest BCUT2D eigenvalue weighted by Gasteiger charge is -2.37. The van der Waals surface area contributed by atoms with Crippen LogP contribution in [0.3, 0.4) is 0 Å². The molecule has 0 bridgehead atoms. The van der Waals surface area contributed by atoms with Gasteiger partial charge in [0.1, 0.15) is 0 Å². The van der Waals surface area contributed by atoms with Gasteiger partial charge in [0.2, 0.25) is 0 Å². The predicted octanol–water partition coefficient (Wildman–Crippen LogP) is 2.97. The monoisotopic (exact) mass is 218 g/mol. The van der Waals surface area contributed by atoms with Gasteiger partial charge in [-0.1, -0.05) is 13.0 Å². The number of hydrogen-bond acceptors (Lipinski definition) is 2. The van der Waals surface area contributed by atoms with E-state index in [4.69, 9.17) is 0 Å². The Kier molecular flexibility index (Phi) is 2.94. The number of fused-ring (bicyclic) bond motifs is 1. The largest absolute Gasteiger partial charge is 0.384 e. The lowest BCUT2D eigenvalue weighted by Crippen LogP contribution is -2.34. The highest BCUT2D eigenvalue weighted by Crippen LogP contribution is 2.37. The van der Waals surface area contributed by atoms with Crippen molar-refractivity contribution in [3.8, 4) is 0 Å². The molecule has 1 N–H and O–H groups in total. The summed E-state index contributed by atoms with van der Waals surface area (Å²) in [5.74, 6) is 0.657. The van der Waals surface area contributed by atoms with E-state index in [2.05, 4.69) is 57.2 Å². The molecule has 0 radical (unpaired) electrons. The van der Waals surface area contributed by atoms with Crippen LogP contribution in [0.5, 0.6) is 0 Å². The van der Waals surface area contributed by atoms with Crippen LogP contribution in [0.15, 0.2) is 12.1 Å². The van der Waals surface area contributed by atoms with Crippen molar-refractivity contribution in [1.29, 1.82) is 0 Å². The van der Waals surface area contributed by atoms with Gasteiger partial charge in [0, 0.05) is 18.3 Å². The summed E-state index contributed by atoms with van der Waals surface area (Å²) in [5, 5.41) is 3.54. The summed E-state index contributed by atoms with van der Waals surface area (Å²) in [6.45, 7) is 7.76. The molecule has 1 heterocycles. The van der Waals surface area contributed by atoms with Crippen molar-refractivity contribution in [2.45, 2.75) is 26.8 Å². The van der Waals surface area contributed by atoms with Crippen molar-refractivity contribution in [3.05, 3.63) is 28.8 Å². The number of nitrogens with zero attached hydrogens (tertiary/aromatic N) is 1. The Bertz CT molecular complexity index is 396.